The minimum absolute atomic E-state index is 0.0179. The van der Waals surface area contributed by atoms with Crippen molar-refractivity contribution in [1.29, 1.82) is 0 Å². The molecule has 1 aliphatic heterocycles. The predicted molar refractivity (Wildman–Crippen MR) is 87.2 cm³/mol. The van der Waals surface area contributed by atoms with Gasteiger partial charge in [0.1, 0.15) is 0 Å². The first-order valence-corrected chi connectivity index (χ1v) is 9.03. The standard InChI is InChI=1S/C15H17N3O2S2/c19-14(7-13-8-16-10-22-13)18-4-1-12(2-5-18)17-15(20)11-3-6-21-9-11/h3,6,8-10,12H,1-2,4-5,7H2,(H,17,20). The minimum atomic E-state index is -0.0179. The van der Waals surface area contributed by atoms with Crippen molar-refractivity contribution in [3.05, 3.63) is 39.0 Å². The lowest BCUT2D eigenvalue weighted by Crippen LogP contribution is -2.46. The molecule has 7 heteroatoms. The number of likely N-dealkylation sites (tertiary alicyclic amines) is 1. The van der Waals surface area contributed by atoms with Gasteiger partial charge < -0.3 is 10.2 Å². The van der Waals surface area contributed by atoms with Gasteiger partial charge in [0.2, 0.25) is 5.91 Å². The average molecular weight is 335 g/mol. The van der Waals surface area contributed by atoms with E-state index in [4.69, 9.17) is 0 Å². The molecule has 2 amide bonds. The molecule has 0 spiro atoms. The summed E-state index contributed by atoms with van der Waals surface area (Å²) in [5.74, 6) is 0.127. The van der Waals surface area contributed by atoms with Crippen molar-refractivity contribution in [2.75, 3.05) is 13.1 Å². The summed E-state index contributed by atoms with van der Waals surface area (Å²) in [6.45, 7) is 1.40. The molecule has 0 unspecified atom stereocenters. The summed E-state index contributed by atoms with van der Waals surface area (Å²) in [6, 6.07) is 1.98. The number of carbonyl (C=O) groups excluding carboxylic acids is 2. The highest BCUT2D eigenvalue weighted by Crippen LogP contribution is 2.15. The van der Waals surface area contributed by atoms with Gasteiger partial charge in [0.25, 0.3) is 5.91 Å². The van der Waals surface area contributed by atoms with Gasteiger partial charge in [-0.05, 0) is 24.3 Å². The predicted octanol–water partition coefficient (Wildman–Crippen LogP) is 2.17. The Kier molecular flexibility index (Phi) is 4.84. The van der Waals surface area contributed by atoms with Gasteiger partial charge in [-0.15, -0.1) is 11.3 Å². The molecule has 2 aromatic heterocycles. The molecule has 1 aliphatic rings. The van der Waals surface area contributed by atoms with E-state index in [2.05, 4.69) is 10.3 Å². The topological polar surface area (TPSA) is 62.3 Å². The maximum absolute atomic E-state index is 12.2. The number of aromatic nitrogens is 1. The third kappa shape index (κ3) is 3.72. The molecule has 1 N–H and O–H groups in total. The van der Waals surface area contributed by atoms with E-state index < -0.39 is 0 Å². The van der Waals surface area contributed by atoms with Crippen LogP contribution in [-0.4, -0.2) is 40.8 Å². The third-order valence-electron chi connectivity index (χ3n) is 3.78. The largest absolute Gasteiger partial charge is 0.349 e. The van der Waals surface area contributed by atoms with Crippen LogP contribution in [0.25, 0.3) is 0 Å². The third-order valence-corrected chi connectivity index (χ3v) is 5.24. The first-order valence-electron chi connectivity index (χ1n) is 7.20. The van der Waals surface area contributed by atoms with E-state index in [-0.39, 0.29) is 17.9 Å². The summed E-state index contributed by atoms with van der Waals surface area (Å²) in [4.78, 5) is 31.1. The van der Waals surface area contributed by atoms with E-state index in [1.165, 1.54) is 22.7 Å². The molecular weight excluding hydrogens is 318 g/mol. The van der Waals surface area contributed by atoms with Crippen LogP contribution in [0.3, 0.4) is 0 Å². The van der Waals surface area contributed by atoms with E-state index in [1.54, 1.807) is 11.7 Å². The number of thiazole rings is 1. The maximum Gasteiger partial charge on any atom is 0.252 e. The van der Waals surface area contributed by atoms with Crippen LogP contribution in [0.4, 0.5) is 0 Å². The molecule has 3 heterocycles. The summed E-state index contributed by atoms with van der Waals surface area (Å²) < 4.78 is 0. The second-order valence-electron chi connectivity index (χ2n) is 5.29. The number of hydrogen-bond acceptors (Lipinski definition) is 5. The second kappa shape index (κ2) is 7.02. The van der Waals surface area contributed by atoms with E-state index in [1.807, 2.05) is 21.7 Å². The Labute approximate surface area is 137 Å². The number of rotatable bonds is 4. The monoisotopic (exact) mass is 335 g/mol. The Morgan fingerprint density at radius 3 is 2.82 bits per heavy atom. The molecule has 1 saturated heterocycles. The number of piperidine rings is 1. The van der Waals surface area contributed by atoms with Gasteiger partial charge in [0.05, 0.1) is 11.9 Å². The minimum Gasteiger partial charge on any atom is -0.349 e. The van der Waals surface area contributed by atoms with Crippen molar-refractivity contribution >= 4 is 34.5 Å². The van der Waals surface area contributed by atoms with Crippen molar-refractivity contribution in [2.45, 2.75) is 25.3 Å². The van der Waals surface area contributed by atoms with Crippen LogP contribution >= 0.6 is 22.7 Å². The van der Waals surface area contributed by atoms with Gasteiger partial charge in [-0.2, -0.15) is 11.3 Å². The molecule has 22 heavy (non-hydrogen) atoms. The van der Waals surface area contributed by atoms with Crippen LogP contribution < -0.4 is 5.32 Å². The first kappa shape index (κ1) is 15.2. The lowest BCUT2D eigenvalue weighted by Gasteiger charge is -2.32. The second-order valence-corrected chi connectivity index (χ2v) is 7.04. The van der Waals surface area contributed by atoms with Crippen LogP contribution in [0.1, 0.15) is 28.1 Å². The SMILES string of the molecule is O=C(NC1CCN(C(=O)Cc2cncs2)CC1)c1ccsc1. The molecular formula is C15H17N3O2S2. The van der Waals surface area contributed by atoms with Crippen LogP contribution in [0.5, 0.6) is 0 Å². The highest BCUT2D eigenvalue weighted by atomic mass is 32.1. The summed E-state index contributed by atoms with van der Waals surface area (Å²) in [7, 11) is 0. The Morgan fingerprint density at radius 2 is 2.18 bits per heavy atom. The normalized spacial score (nSPS) is 15.7. The highest BCUT2D eigenvalue weighted by Gasteiger charge is 2.24. The maximum atomic E-state index is 12.2. The molecule has 0 aromatic carbocycles. The molecule has 0 atom stereocenters. The average Bonchev–Trinajstić information content (AvgIpc) is 3.21. The fraction of sp³-hybridized carbons (Fsp3) is 0.400. The Morgan fingerprint density at radius 1 is 1.36 bits per heavy atom. The van der Waals surface area contributed by atoms with Crippen LogP contribution in [0, 0.1) is 0 Å². The van der Waals surface area contributed by atoms with Gasteiger partial charge in [0.15, 0.2) is 0 Å². The summed E-state index contributed by atoms with van der Waals surface area (Å²) >= 11 is 3.03. The van der Waals surface area contributed by atoms with Gasteiger partial charge >= 0.3 is 0 Å². The number of amides is 2. The quantitative estimate of drug-likeness (QED) is 0.931. The molecule has 0 saturated carbocycles. The van der Waals surface area contributed by atoms with Crippen molar-refractivity contribution in [3.8, 4) is 0 Å². The van der Waals surface area contributed by atoms with Gasteiger partial charge in [-0.1, -0.05) is 0 Å². The fourth-order valence-electron chi connectivity index (χ4n) is 2.53. The molecule has 0 radical (unpaired) electrons. The number of nitrogens with one attached hydrogen (secondary N) is 1. The van der Waals surface area contributed by atoms with Gasteiger partial charge in [0, 0.05) is 41.1 Å². The summed E-state index contributed by atoms with van der Waals surface area (Å²) in [5.41, 5.74) is 2.46. The Bertz CT molecular complexity index is 617. The lowest BCUT2D eigenvalue weighted by atomic mass is 10.0. The Balaban J connectivity index is 1.46. The molecule has 2 aromatic rings. The zero-order valence-corrected chi connectivity index (χ0v) is 13.7. The zero-order valence-electron chi connectivity index (χ0n) is 12.0. The van der Waals surface area contributed by atoms with Crippen molar-refractivity contribution in [2.24, 2.45) is 0 Å². The number of thiophene rings is 1. The molecule has 0 bridgehead atoms. The lowest BCUT2D eigenvalue weighted by molar-refractivity contribution is -0.131. The number of carbonyl (C=O) groups is 2. The summed E-state index contributed by atoms with van der Waals surface area (Å²) in [6.07, 6.45) is 3.79. The number of nitrogens with zero attached hydrogens (tertiary/aromatic N) is 2. The van der Waals surface area contributed by atoms with Crippen LogP contribution in [0.2, 0.25) is 0 Å². The fourth-order valence-corrected chi connectivity index (χ4v) is 3.75. The van der Waals surface area contributed by atoms with E-state index in [0.717, 1.165) is 17.7 Å². The van der Waals surface area contributed by atoms with E-state index >= 15 is 0 Å². The molecule has 5 nitrogen and oxygen atoms in total. The first-order chi connectivity index (χ1) is 10.7. The van der Waals surface area contributed by atoms with Gasteiger partial charge in [-0.25, -0.2) is 0 Å². The van der Waals surface area contributed by atoms with Gasteiger partial charge in [-0.3, -0.25) is 14.6 Å². The van der Waals surface area contributed by atoms with Crippen LogP contribution in [0.15, 0.2) is 28.5 Å². The number of hydrogen-bond donors (Lipinski definition) is 1. The highest BCUT2D eigenvalue weighted by molar-refractivity contribution is 7.09. The summed E-state index contributed by atoms with van der Waals surface area (Å²) in [5, 5.41) is 6.80. The molecule has 1 fully saturated rings. The molecule has 116 valence electrons. The molecule has 3 rings (SSSR count). The van der Waals surface area contributed by atoms with Crippen molar-refractivity contribution < 1.29 is 9.59 Å². The van der Waals surface area contributed by atoms with E-state index in [0.29, 0.717) is 25.1 Å². The molecule has 0 aliphatic carbocycles. The van der Waals surface area contributed by atoms with Crippen molar-refractivity contribution in [3.63, 3.8) is 0 Å². The zero-order chi connectivity index (χ0) is 15.4. The smallest absolute Gasteiger partial charge is 0.252 e. The van der Waals surface area contributed by atoms with E-state index in [9.17, 15) is 9.59 Å². The van der Waals surface area contributed by atoms with Crippen molar-refractivity contribution in [1.82, 2.24) is 15.2 Å². The Hall–Kier alpha value is -1.73. The van der Waals surface area contributed by atoms with Crippen LogP contribution in [-0.2, 0) is 11.2 Å².